The summed E-state index contributed by atoms with van der Waals surface area (Å²) in [5, 5.41) is 0. The van der Waals surface area contributed by atoms with Gasteiger partial charge >= 0.3 is 6.09 Å². The molecule has 9 nitrogen and oxygen atoms in total. The lowest BCUT2D eigenvalue weighted by Gasteiger charge is -2.36. The van der Waals surface area contributed by atoms with Crippen LogP contribution in [0.5, 0.6) is 5.75 Å². The summed E-state index contributed by atoms with van der Waals surface area (Å²) in [6.07, 6.45) is 8.19. The molecule has 198 valence electrons. The Balaban J connectivity index is 1.52. The molecule has 4 rings (SSSR count). The minimum Gasteiger partial charge on any atom is -0.496 e. The van der Waals surface area contributed by atoms with Crippen LogP contribution >= 0.6 is 0 Å². The molecule has 0 saturated carbocycles. The number of aromatic nitrogens is 4. The van der Waals surface area contributed by atoms with Gasteiger partial charge in [0.2, 0.25) is 5.91 Å². The Hall–Kier alpha value is -3.62. The van der Waals surface area contributed by atoms with Gasteiger partial charge in [0.05, 0.1) is 18.8 Å². The molecule has 1 atom stereocenters. The van der Waals surface area contributed by atoms with E-state index in [0.29, 0.717) is 25.2 Å². The van der Waals surface area contributed by atoms with E-state index in [1.54, 1.807) is 13.3 Å². The van der Waals surface area contributed by atoms with E-state index in [4.69, 9.17) is 14.5 Å². The number of carbonyl (C=O) groups is 2. The summed E-state index contributed by atoms with van der Waals surface area (Å²) < 4.78 is 14.6. The number of para-hydroxylation sites is 1. The molecule has 1 aromatic carbocycles. The van der Waals surface area contributed by atoms with Gasteiger partial charge in [0.25, 0.3) is 0 Å². The summed E-state index contributed by atoms with van der Waals surface area (Å²) in [5.41, 5.74) is 1.84. The van der Waals surface area contributed by atoms with Crippen LogP contribution in [0.4, 0.5) is 4.79 Å². The Morgan fingerprint density at radius 3 is 2.68 bits per heavy atom. The highest BCUT2D eigenvalue weighted by Gasteiger charge is 2.33. The van der Waals surface area contributed by atoms with E-state index in [1.807, 2.05) is 49.9 Å². The average Bonchev–Trinajstić information content (AvgIpc) is 3.52. The Bertz CT molecular complexity index is 1240. The second-order valence-electron chi connectivity index (χ2n) is 10.4. The van der Waals surface area contributed by atoms with Crippen LogP contribution in [-0.4, -0.2) is 55.3 Å². The third kappa shape index (κ3) is 6.03. The fraction of sp³-hybridized carbons (Fsp3) is 0.500. The van der Waals surface area contributed by atoms with Crippen LogP contribution in [0, 0.1) is 0 Å². The minimum atomic E-state index is -0.612. The van der Waals surface area contributed by atoms with Crippen molar-refractivity contribution in [3.05, 3.63) is 54.5 Å². The van der Waals surface area contributed by atoms with Gasteiger partial charge in [-0.25, -0.2) is 19.3 Å². The first-order valence-electron chi connectivity index (χ1n) is 13.0. The molecule has 0 aliphatic carbocycles. The standard InChI is InChI=1S/C28H37N5O4/c1-6-7-11-23-26-30-22(21-10-8-9-12-24(21)36-5)18-31(26)15-16-32(23)25(34)14-13-20-17-29-19-33(20)27(35)37-28(2,3)4/h8-10,12,17-19,23H,6-7,11,13-16H2,1-5H3. The Morgan fingerprint density at radius 1 is 1.16 bits per heavy atom. The molecule has 0 N–H and O–H groups in total. The van der Waals surface area contributed by atoms with Crippen LogP contribution in [0.2, 0.25) is 0 Å². The van der Waals surface area contributed by atoms with Gasteiger partial charge in [-0.15, -0.1) is 0 Å². The molecular weight excluding hydrogens is 470 g/mol. The number of imidazole rings is 2. The van der Waals surface area contributed by atoms with E-state index in [-0.39, 0.29) is 18.4 Å². The van der Waals surface area contributed by atoms with Crippen molar-refractivity contribution in [3.8, 4) is 17.0 Å². The molecule has 1 aliphatic rings. The van der Waals surface area contributed by atoms with E-state index in [0.717, 1.165) is 42.1 Å². The summed E-state index contributed by atoms with van der Waals surface area (Å²) in [7, 11) is 1.66. The van der Waals surface area contributed by atoms with Gasteiger partial charge in [-0.3, -0.25) is 4.79 Å². The van der Waals surface area contributed by atoms with Gasteiger partial charge in [-0.1, -0.05) is 31.9 Å². The van der Waals surface area contributed by atoms with Crippen molar-refractivity contribution in [2.45, 2.75) is 78.0 Å². The van der Waals surface area contributed by atoms with Crippen molar-refractivity contribution in [3.63, 3.8) is 0 Å². The van der Waals surface area contributed by atoms with Crippen LogP contribution in [0.25, 0.3) is 11.3 Å². The Kier molecular flexibility index (Phi) is 8.00. The normalized spacial score (nSPS) is 15.4. The predicted octanol–water partition coefficient (Wildman–Crippen LogP) is 5.24. The maximum atomic E-state index is 13.5. The lowest BCUT2D eigenvalue weighted by Crippen LogP contribution is -2.42. The van der Waals surface area contributed by atoms with Crippen LogP contribution in [0.1, 0.15) is 70.9 Å². The molecule has 1 aliphatic heterocycles. The highest BCUT2D eigenvalue weighted by atomic mass is 16.6. The number of fused-ring (bicyclic) bond motifs is 1. The molecule has 3 heterocycles. The van der Waals surface area contributed by atoms with Gasteiger partial charge in [0.15, 0.2) is 0 Å². The second kappa shape index (κ2) is 11.2. The zero-order valence-electron chi connectivity index (χ0n) is 22.4. The van der Waals surface area contributed by atoms with Crippen molar-refractivity contribution in [1.29, 1.82) is 0 Å². The number of aryl methyl sites for hydroxylation is 1. The molecule has 0 radical (unpaired) electrons. The molecule has 9 heteroatoms. The molecule has 37 heavy (non-hydrogen) atoms. The smallest absolute Gasteiger partial charge is 0.420 e. The third-order valence-electron chi connectivity index (χ3n) is 6.50. The van der Waals surface area contributed by atoms with Gasteiger partial charge in [-0.2, -0.15) is 0 Å². The van der Waals surface area contributed by atoms with Gasteiger partial charge in [-0.05, 0) is 45.7 Å². The summed E-state index contributed by atoms with van der Waals surface area (Å²) >= 11 is 0. The van der Waals surface area contributed by atoms with E-state index < -0.39 is 11.7 Å². The van der Waals surface area contributed by atoms with Crippen molar-refractivity contribution >= 4 is 12.0 Å². The Morgan fingerprint density at radius 2 is 1.95 bits per heavy atom. The van der Waals surface area contributed by atoms with Gasteiger partial charge in [0, 0.05) is 43.2 Å². The maximum Gasteiger partial charge on any atom is 0.420 e. The zero-order chi connectivity index (χ0) is 26.6. The lowest BCUT2D eigenvalue weighted by molar-refractivity contribution is -0.135. The van der Waals surface area contributed by atoms with E-state index in [1.165, 1.54) is 10.9 Å². The minimum absolute atomic E-state index is 0.0473. The van der Waals surface area contributed by atoms with Crippen LogP contribution in [-0.2, 0) is 22.5 Å². The first kappa shape index (κ1) is 26.4. The van der Waals surface area contributed by atoms with Crippen molar-refractivity contribution in [2.75, 3.05) is 13.7 Å². The van der Waals surface area contributed by atoms with Crippen molar-refractivity contribution < 1.29 is 19.1 Å². The van der Waals surface area contributed by atoms with E-state index in [2.05, 4.69) is 22.7 Å². The van der Waals surface area contributed by atoms with Crippen molar-refractivity contribution in [1.82, 2.24) is 24.0 Å². The fourth-order valence-corrected chi connectivity index (χ4v) is 4.71. The number of nitrogens with zero attached hydrogens (tertiary/aromatic N) is 5. The summed E-state index contributed by atoms with van der Waals surface area (Å²) in [5.74, 6) is 1.73. The molecule has 3 aromatic rings. The maximum absolute atomic E-state index is 13.5. The number of benzene rings is 1. The number of carbonyl (C=O) groups excluding carboxylic acids is 2. The molecule has 1 amide bonds. The molecule has 0 bridgehead atoms. The van der Waals surface area contributed by atoms with Crippen LogP contribution in [0.15, 0.2) is 43.0 Å². The largest absolute Gasteiger partial charge is 0.496 e. The zero-order valence-corrected chi connectivity index (χ0v) is 22.4. The molecule has 2 aromatic heterocycles. The number of rotatable bonds is 8. The summed E-state index contributed by atoms with van der Waals surface area (Å²) in [6.45, 7) is 8.91. The lowest BCUT2D eigenvalue weighted by atomic mass is 10.0. The van der Waals surface area contributed by atoms with Crippen molar-refractivity contribution in [2.24, 2.45) is 0 Å². The van der Waals surface area contributed by atoms with E-state index in [9.17, 15) is 9.59 Å². The quantitative estimate of drug-likeness (QED) is 0.414. The topological polar surface area (TPSA) is 91.5 Å². The van der Waals surface area contributed by atoms with Crippen LogP contribution < -0.4 is 4.74 Å². The number of ether oxygens (including phenoxy) is 2. The highest BCUT2D eigenvalue weighted by Crippen LogP contribution is 2.35. The molecule has 0 spiro atoms. The highest BCUT2D eigenvalue weighted by molar-refractivity contribution is 5.77. The number of unbranched alkanes of at least 4 members (excludes halogenated alkanes) is 1. The van der Waals surface area contributed by atoms with Gasteiger partial charge < -0.3 is 18.9 Å². The molecular formula is C28H37N5O4. The van der Waals surface area contributed by atoms with E-state index >= 15 is 0 Å². The number of amides is 1. The number of hydrogen-bond donors (Lipinski definition) is 0. The summed E-state index contributed by atoms with van der Waals surface area (Å²) in [4.78, 5) is 37.1. The predicted molar refractivity (Wildman–Crippen MR) is 140 cm³/mol. The Labute approximate surface area is 218 Å². The molecule has 0 fully saturated rings. The first-order chi connectivity index (χ1) is 17.7. The SMILES string of the molecule is CCCCC1c2nc(-c3ccccc3OC)cn2CCN1C(=O)CCc1cncn1C(=O)OC(C)(C)C. The first-order valence-corrected chi connectivity index (χ1v) is 13.0. The van der Waals surface area contributed by atoms with Gasteiger partial charge in [0.1, 0.15) is 23.5 Å². The molecule has 0 saturated heterocycles. The summed E-state index contributed by atoms with van der Waals surface area (Å²) in [6, 6.07) is 7.76. The monoisotopic (exact) mass is 507 g/mol. The second-order valence-corrected chi connectivity index (χ2v) is 10.4. The fourth-order valence-electron chi connectivity index (χ4n) is 4.71. The number of hydrogen-bond acceptors (Lipinski definition) is 6. The molecule has 1 unspecified atom stereocenters. The van der Waals surface area contributed by atoms with Crippen LogP contribution in [0.3, 0.4) is 0 Å². The number of methoxy groups -OCH3 is 1. The third-order valence-corrected chi connectivity index (χ3v) is 6.50. The average molecular weight is 508 g/mol.